The fourth-order valence-corrected chi connectivity index (χ4v) is 0.718. The van der Waals surface area contributed by atoms with Gasteiger partial charge in [-0.25, -0.2) is 0 Å². The molecule has 0 unspecified atom stereocenters. The molecule has 0 atom stereocenters. The molecule has 0 radical (unpaired) electrons. The van der Waals surface area contributed by atoms with Gasteiger partial charge in [0.2, 0.25) is 0 Å². The Balaban J connectivity index is 3.17. The third kappa shape index (κ3) is 6.07. The number of rotatable bonds is 6. The van der Waals surface area contributed by atoms with Gasteiger partial charge in [-0.2, -0.15) is 0 Å². The molecule has 0 aliphatic carbocycles. The maximum atomic E-state index is 3.64. The Bertz CT molecular complexity index is 99.7. The first-order chi connectivity index (χ1) is 5.18. The van der Waals surface area contributed by atoms with Crippen LogP contribution in [0.1, 0.15) is 13.8 Å². The Morgan fingerprint density at radius 1 is 1.55 bits per heavy atom. The summed E-state index contributed by atoms with van der Waals surface area (Å²) in [6.07, 6.45) is 1.88. The van der Waals surface area contributed by atoms with Gasteiger partial charge in [-0.15, -0.1) is 6.58 Å². The normalized spacial score (nSPS) is 11.0. The number of hydrogen-bond donors (Lipinski definition) is 1. The van der Waals surface area contributed by atoms with Gasteiger partial charge in [0.15, 0.2) is 0 Å². The molecule has 1 N–H and O–H groups in total. The predicted octanol–water partition coefficient (Wildman–Crippen LogP) is 1.10. The van der Waals surface area contributed by atoms with Crippen LogP contribution in [-0.2, 0) is 0 Å². The molecule has 0 saturated heterocycles. The van der Waals surface area contributed by atoms with E-state index in [9.17, 15) is 0 Å². The highest BCUT2D eigenvalue weighted by Crippen LogP contribution is 1.90. The van der Waals surface area contributed by atoms with Crippen molar-refractivity contribution >= 4 is 0 Å². The van der Waals surface area contributed by atoms with Crippen LogP contribution >= 0.6 is 0 Å². The van der Waals surface area contributed by atoms with Crippen LogP contribution in [0.15, 0.2) is 12.7 Å². The van der Waals surface area contributed by atoms with Crippen LogP contribution in [0.2, 0.25) is 0 Å². The number of nitrogens with one attached hydrogen (secondary N) is 1. The zero-order valence-electron chi connectivity index (χ0n) is 7.93. The summed E-state index contributed by atoms with van der Waals surface area (Å²) in [5, 5.41) is 3.26. The first-order valence-corrected chi connectivity index (χ1v) is 4.20. The van der Waals surface area contributed by atoms with Crippen LogP contribution in [-0.4, -0.2) is 37.6 Å². The number of nitrogens with zero attached hydrogens (tertiary/aromatic N) is 1. The lowest BCUT2D eigenvalue weighted by Crippen LogP contribution is -2.33. The molecule has 0 saturated carbocycles. The highest BCUT2D eigenvalue weighted by molar-refractivity contribution is 4.70. The van der Waals surface area contributed by atoms with Crippen molar-refractivity contribution in [3.63, 3.8) is 0 Å². The van der Waals surface area contributed by atoms with Crippen molar-refractivity contribution in [1.29, 1.82) is 0 Å². The van der Waals surface area contributed by atoms with E-state index in [1.165, 1.54) is 0 Å². The van der Waals surface area contributed by atoms with E-state index >= 15 is 0 Å². The summed E-state index contributed by atoms with van der Waals surface area (Å²) in [4.78, 5) is 2.32. The molecule has 0 aromatic carbocycles. The zero-order valence-corrected chi connectivity index (χ0v) is 7.93. The smallest absolute Gasteiger partial charge is 0.0132 e. The summed E-state index contributed by atoms with van der Waals surface area (Å²) in [5.74, 6) is 0. The molecule has 0 bridgehead atoms. The Morgan fingerprint density at radius 3 is 2.64 bits per heavy atom. The second-order valence-corrected chi connectivity index (χ2v) is 3.07. The molecule has 0 spiro atoms. The molecule has 2 heteroatoms. The molecular formula is C9H20N2. The topological polar surface area (TPSA) is 15.3 Å². The predicted molar refractivity (Wildman–Crippen MR) is 50.8 cm³/mol. The molecule has 0 amide bonds. The Labute approximate surface area is 70.3 Å². The summed E-state index contributed by atoms with van der Waals surface area (Å²) < 4.78 is 0. The average Bonchev–Trinajstić information content (AvgIpc) is 1.97. The van der Waals surface area contributed by atoms with Crippen molar-refractivity contribution in [1.82, 2.24) is 10.2 Å². The molecule has 11 heavy (non-hydrogen) atoms. The van der Waals surface area contributed by atoms with Crippen LogP contribution < -0.4 is 5.32 Å². The van der Waals surface area contributed by atoms with Gasteiger partial charge in [0.05, 0.1) is 0 Å². The second-order valence-electron chi connectivity index (χ2n) is 3.07. The van der Waals surface area contributed by atoms with E-state index in [4.69, 9.17) is 0 Å². The minimum Gasteiger partial charge on any atom is -0.312 e. The number of likely N-dealkylation sites (N-methyl/N-ethyl adjacent to an activating group) is 1. The van der Waals surface area contributed by atoms with Crippen LogP contribution in [0.25, 0.3) is 0 Å². The third-order valence-electron chi connectivity index (χ3n) is 1.81. The Kier molecular flexibility index (Phi) is 6.18. The van der Waals surface area contributed by atoms with E-state index in [2.05, 4.69) is 37.7 Å². The van der Waals surface area contributed by atoms with Crippen LogP contribution in [0.3, 0.4) is 0 Å². The van der Waals surface area contributed by atoms with Gasteiger partial charge < -0.3 is 10.2 Å². The lowest BCUT2D eigenvalue weighted by Gasteiger charge is -2.20. The largest absolute Gasteiger partial charge is 0.312 e. The SMILES string of the molecule is C=CCNCCN(C)C(C)C. The second kappa shape index (κ2) is 6.38. The minimum absolute atomic E-state index is 0.639. The molecule has 0 aromatic heterocycles. The van der Waals surface area contributed by atoms with E-state index in [-0.39, 0.29) is 0 Å². The summed E-state index contributed by atoms with van der Waals surface area (Å²) in [6.45, 7) is 11.1. The highest BCUT2D eigenvalue weighted by atomic mass is 15.1. The lowest BCUT2D eigenvalue weighted by molar-refractivity contribution is 0.275. The molecule has 0 aliphatic rings. The van der Waals surface area contributed by atoms with Crippen molar-refractivity contribution in [3.8, 4) is 0 Å². The van der Waals surface area contributed by atoms with Crippen molar-refractivity contribution in [2.45, 2.75) is 19.9 Å². The summed E-state index contributed by atoms with van der Waals surface area (Å²) in [7, 11) is 2.14. The number of hydrogen-bond acceptors (Lipinski definition) is 2. The van der Waals surface area contributed by atoms with E-state index in [0.29, 0.717) is 6.04 Å². The average molecular weight is 156 g/mol. The van der Waals surface area contributed by atoms with Crippen molar-refractivity contribution in [3.05, 3.63) is 12.7 Å². The van der Waals surface area contributed by atoms with Gasteiger partial charge in [0.25, 0.3) is 0 Å². The molecule has 0 heterocycles. The van der Waals surface area contributed by atoms with E-state index < -0.39 is 0 Å². The first-order valence-electron chi connectivity index (χ1n) is 4.20. The third-order valence-corrected chi connectivity index (χ3v) is 1.81. The van der Waals surface area contributed by atoms with Gasteiger partial charge in [0, 0.05) is 25.7 Å². The fraction of sp³-hybridized carbons (Fsp3) is 0.778. The van der Waals surface area contributed by atoms with Crippen molar-refractivity contribution in [2.75, 3.05) is 26.7 Å². The first kappa shape index (κ1) is 10.7. The molecule has 0 aromatic rings. The van der Waals surface area contributed by atoms with Crippen LogP contribution in [0.5, 0.6) is 0 Å². The summed E-state index contributed by atoms with van der Waals surface area (Å²) in [6, 6.07) is 0.639. The van der Waals surface area contributed by atoms with Crippen LogP contribution in [0.4, 0.5) is 0 Å². The van der Waals surface area contributed by atoms with Crippen molar-refractivity contribution in [2.24, 2.45) is 0 Å². The highest BCUT2D eigenvalue weighted by Gasteiger charge is 2.00. The maximum Gasteiger partial charge on any atom is 0.0132 e. The van der Waals surface area contributed by atoms with Gasteiger partial charge in [0.1, 0.15) is 0 Å². The molecular weight excluding hydrogens is 136 g/mol. The Hall–Kier alpha value is -0.340. The molecule has 2 nitrogen and oxygen atoms in total. The monoisotopic (exact) mass is 156 g/mol. The van der Waals surface area contributed by atoms with E-state index in [1.54, 1.807) is 0 Å². The zero-order chi connectivity index (χ0) is 8.69. The van der Waals surface area contributed by atoms with Gasteiger partial charge in [-0.3, -0.25) is 0 Å². The molecule has 0 rings (SSSR count). The minimum atomic E-state index is 0.639. The quantitative estimate of drug-likeness (QED) is 0.457. The van der Waals surface area contributed by atoms with E-state index in [0.717, 1.165) is 19.6 Å². The van der Waals surface area contributed by atoms with Gasteiger partial charge in [-0.05, 0) is 20.9 Å². The molecule has 0 aliphatic heterocycles. The molecule has 0 fully saturated rings. The van der Waals surface area contributed by atoms with Crippen molar-refractivity contribution < 1.29 is 0 Å². The maximum absolute atomic E-state index is 3.64. The van der Waals surface area contributed by atoms with Gasteiger partial charge >= 0.3 is 0 Å². The van der Waals surface area contributed by atoms with Gasteiger partial charge in [-0.1, -0.05) is 6.08 Å². The van der Waals surface area contributed by atoms with E-state index in [1.807, 2.05) is 6.08 Å². The summed E-state index contributed by atoms with van der Waals surface area (Å²) >= 11 is 0. The lowest BCUT2D eigenvalue weighted by atomic mass is 10.3. The standard InChI is InChI=1S/C9H20N2/c1-5-6-10-7-8-11(4)9(2)3/h5,9-10H,1,6-8H2,2-4H3. The van der Waals surface area contributed by atoms with Crippen LogP contribution in [0, 0.1) is 0 Å². The summed E-state index contributed by atoms with van der Waals surface area (Å²) in [5.41, 5.74) is 0. The fourth-order valence-electron chi connectivity index (χ4n) is 0.718. The molecule has 66 valence electrons. The Morgan fingerprint density at radius 2 is 2.18 bits per heavy atom.